The van der Waals surface area contributed by atoms with Crippen LogP contribution in [0.3, 0.4) is 0 Å². The predicted octanol–water partition coefficient (Wildman–Crippen LogP) is 2.19. The molecule has 0 saturated carbocycles. The molecule has 0 amide bonds. The van der Waals surface area contributed by atoms with Crippen LogP contribution in [0.25, 0.3) is 5.57 Å². The minimum Gasteiger partial charge on any atom is -0.382 e. The van der Waals surface area contributed by atoms with Crippen LogP contribution in [0.1, 0.15) is 15.6 Å². The van der Waals surface area contributed by atoms with Gasteiger partial charge in [-0.2, -0.15) is 5.26 Å². The molecule has 0 radical (unpaired) electrons. The maximum absolute atomic E-state index is 9.00. The first-order chi connectivity index (χ1) is 6.54. The Balaban J connectivity index is 3.15. The van der Waals surface area contributed by atoms with E-state index < -0.39 is 0 Å². The third-order valence-corrected chi connectivity index (χ3v) is 2.76. The van der Waals surface area contributed by atoms with Crippen LogP contribution in [0.5, 0.6) is 0 Å². The van der Waals surface area contributed by atoms with Crippen LogP contribution in [0.15, 0.2) is 6.20 Å². The highest BCUT2D eigenvalue weighted by Crippen LogP contribution is 2.25. The second-order valence-corrected chi connectivity index (χ2v) is 4.47. The third kappa shape index (κ3) is 2.33. The first-order valence-electron chi connectivity index (χ1n) is 4.27. The largest absolute Gasteiger partial charge is 0.382 e. The van der Waals surface area contributed by atoms with Gasteiger partial charge in [0.15, 0.2) is 0 Å². The molecule has 0 saturated heterocycles. The molecule has 3 nitrogen and oxygen atoms in total. The van der Waals surface area contributed by atoms with Crippen LogP contribution < -0.4 is 0 Å². The van der Waals surface area contributed by atoms with Gasteiger partial charge in [-0.3, -0.25) is 0 Å². The van der Waals surface area contributed by atoms with E-state index in [9.17, 15) is 0 Å². The topological polar surface area (TPSA) is 39.9 Å². The first kappa shape index (κ1) is 10.7. The number of hydrogen-bond donors (Lipinski definition) is 0. The van der Waals surface area contributed by atoms with Gasteiger partial charge in [-0.05, 0) is 13.8 Å². The zero-order valence-electron chi connectivity index (χ0n) is 8.83. The Morgan fingerprint density at radius 2 is 2.14 bits per heavy atom. The van der Waals surface area contributed by atoms with Crippen molar-refractivity contribution in [3.8, 4) is 6.07 Å². The van der Waals surface area contributed by atoms with Gasteiger partial charge in [0.2, 0.25) is 0 Å². The highest BCUT2D eigenvalue weighted by molar-refractivity contribution is 7.12. The maximum Gasteiger partial charge on any atom is 0.102 e. The molecule has 0 N–H and O–H groups in total. The van der Waals surface area contributed by atoms with E-state index in [0.717, 1.165) is 15.6 Å². The van der Waals surface area contributed by atoms with Crippen molar-refractivity contribution in [2.45, 2.75) is 13.8 Å². The second-order valence-electron chi connectivity index (χ2n) is 3.27. The number of thiazole rings is 1. The summed E-state index contributed by atoms with van der Waals surface area (Å²) in [6.45, 7) is 3.88. The summed E-state index contributed by atoms with van der Waals surface area (Å²) < 4.78 is 0. The van der Waals surface area contributed by atoms with Gasteiger partial charge in [0, 0.05) is 20.3 Å². The lowest BCUT2D eigenvalue weighted by atomic mass is 10.2. The normalized spacial score (nSPS) is 11.2. The molecule has 0 spiro atoms. The smallest absolute Gasteiger partial charge is 0.102 e. The summed E-state index contributed by atoms with van der Waals surface area (Å²) in [7, 11) is 3.81. The minimum atomic E-state index is 0.679. The van der Waals surface area contributed by atoms with Crippen molar-refractivity contribution >= 4 is 16.9 Å². The van der Waals surface area contributed by atoms with E-state index in [1.54, 1.807) is 11.3 Å². The van der Waals surface area contributed by atoms with Gasteiger partial charge >= 0.3 is 0 Å². The van der Waals surface area contributed by atoms with Crippen molar-refractivity contribution in [1.82, 2.24) is 9.88 Å². The standard InChI is InChI=1S/C10H13N3S/c1-7-10(14-8(2)12-7)9(5-11)6-13(3)4/h6H,1-4H3/b9-6+. The van der Waals surface area contributed by atoms with E-state index in [2.05, 4.69) is 11.1 Å². The fourth-order valence-electron chi connectivity index (χ4n) is 1.18. The third-order valence-electron chi connectivity index (χ3n) is 1.66. The van der Waals surface area contributed by atoms with Gasteiger partial charge in [0.25, 0.3) is 0 Å². The minimum absolute atomic E-state index is 0.679. The van der Waals surface area contributed by atoms with Gasteiger partial charge in [0.1, 0.15) is 6.07 Å². The maximum atomic E-state index is 9.00. The number of nitrogens with zero attached hydrogens (tertiary/aromatic N) is 3. The van der Waals surface area contributed by atoms with E-state index in [1.807, 2.05) is 39.0 Å². The lowest BCUT2D eigenvalue weighted by Crippen LogP contribution is -2.02. The summed E-state index contributed by atoms with van der Waals surface area (Å²) in [5.74, 6) is 0. The summed E-state index contributed by atoms with van der Waals surface area (Å²) in [6, 6.07) is 2.19. The van der Waals surface area contributed by atoms with Crippen LogP contribution in [0.4, 0.5) is 0 Å². The van der Waals surface area contributed by atoms with E-state index >= 15 is 0 Å². The highest BCUT2D eigenvalue weighted by Gasteiger charge is 2.09. The lowest BCUT2D eigenvalue weighted by molar-refractivity contribution is 0.566. The molecule has 74 valence electrons. The fraction of sp³-hybridized carbons (Fsp3) is 0.400. The van der Waals surface area contributed by atoms with Crippen LogP contribution in [-0.4, -0.2) is 24.0 Å². The molecule has 0 aliphatic heterocycles. The highest BCUT2D eigenvalue weighted by atomic mass is 32.1. The number of allylic oxidation sites excluding steroid dienone is 1. The van der Waals surface area contributed by atoms with Gasteiger partial charge < -0.3 is 4.90 Å². The van der Waals surface area contributed by atoms with Crippen molar-refractivity contribution in [2.75, 3.05) is 14.1 Å². The molecule has 0 atom stereocenters. The molecular formula is C10H13N3S. The van der Waals surface area contributed by atoms with Gasteiger partial charge in [-0.1, -0.05) is 0 Å². The zero-order chi connectivity index (χ0) is 10.7. The van der Waals surface area contributed by atoms with Crippen LogP contribution in [-0.2, 0) is 0 Å². The van der Waals surface area contributed by atoms with Crippen molar-refractivity contribution in [1.29, 1.82) is 5.26 Å². The Bertz CT molecular complexity index is 396. The van der Waals surface area contributed by atoms with Crippen molar-refractivity contribution < 1.29 is 0 Å². The quantitative estimate of drug-likeness (QED) is 0.698. The number of aromatic nitrogens is 1. The first-order valence-corrected chi connectivity index (χ1v) is 5.09. The number of rotatable bonds is 2. The summed E-state index contributed by atoms with van der Waals surface area (Å²) in [6.07, 6.45) is 1.82. The molecule has 0 unspecified atom stereocenters. The Labute approximate surface area is 88.3 Å². The van der Waals surface area contributed by atoms with Gasteiger partial charge in [-0.25, -0.2) is 4.98 Å². The average molecular weight is 207 g/mol. The zero-order valence-corrected chi connectivity index (χ0v) is 9.64. The molecule has 0 fully saturated rings. The molecule has 0 bridgehead atoms. The van der Waals surface area contributed by atoms with Crippen molar-refractivity contribution in [2.24, 2.45) is 0 Å². The van der Waals surface area contributed by atoms with E-state index in [0.29, 0.717) is 5.57 Å². The van der Waals surface area contributed by atoms with Gasteiger partial charge in [0.05, 0.1) is 21.2 Å². The van der Waals surface area contributed by atoms with Crippen molar-refractivity contribution in [3.05, 3.63) is 21.8 Å². The summed E-state index contributed by atoms with van der Waals surface area (Å²) >= 11 is 1.56. The van der Waals surface area contributed by atoms with E-state index in [4.69, 9.17) is 5.26 Å². The van der Waals surface area contributed by atoms with E-state index in [-0.39, 0.29) is 0 Å². The van der Waals surface area contributed by atoms with Crippen LogP contribution in [0.2, 0.25) is 0 Å². The molecule has 1 heterocycles. The predicted molar refractivity (Wildman–Crippen MR) is 58.9 cm³/mol. The van der Waals surface area contributed by atoms with Gasteiger partial charge in [-0.15, -0.1) is 11.3 Å². The number of aryl methyl sites for hydroxylation is 2. The molecule has 4 heteroatoms. The summed E-state index contributed by atoms with van der Waals surface area (Å²) in [5, 5.41) is 9.99. The molecule has 1 aromatic heterocycles. The molecule has 14 heavy (non-hydrogen) atoms. The monoisotopic (exact) mass is 207 g/mol. The molecular weight excluding hydrogens is 194 g/mol. The number of hydrogen-bond acceptors (Lipinski definition) is 4. The average Bonchev–Trinajstić information content (AvgIpc) is 2.41. The Hall–Kier alpha value is -1.34. The molecule has 1 rings (SSSR count). The Morgan fingerprint density at radius 1 is 1.50 bits per heavy atom. The molecule has 0 aliphatic carbocycles. The number of nitriles is 1. The fourth-order valence-corrected chi connectivity index (χ4v) is 2.06. The second kappa shape index (κ2) is 4.25. The van der Waals surface area contributed by atoms with E-state index in [1.165, 1.54) is 0 Å². The molecule has 0 aliphatic rings. The summed E-state index contributed by atoms with van der Waals surface area (Å²) in [5.41, 5.74) is 1.61. The molecule has 1 aromatic rings. The van der Waals surface area contributed by atoms with Crippen LogP contribution in [0, 0.1) is 25.2 Å². The van der Waals surface area contributed by atoms with Crippen molar-refractivity contribution in [3.63, 3.8) is 0 Å². The lowest BCUT2D eigenvalue weighted by Gasteiger charge is -2.05. The SMILES string of the molecule is Cc1nc(C)c(/C(C#N)=C/N(C)C)s1. The Morgan fingerprint density at radius 3 is 2.50 bits per heavy atom. The summed E-state index contributed by atoms with van der Waals surface area (Å²) in [4.78, 5) is 7.13. The Kier molecular flexibility index (Phi) is 3.26. The molecule has 0 aromatic carbocycles. The van der Waals surface area contributed by atoms with Crippen LogP contribution >= 0.6 is 11.3 Å².